The van der Waals surface area contributed by atoms with Gasteiger partial charge in [0.05, 0.1) is 10.2 Å². The number of rotatable bonds is 1. The average molecular weight is 240 g/mol. The van der Waals surface area contributed by atoms with Gasteiger partial charge in [0, 0.05) is 6.20 Å². The van der Waals surface area contributed by atoms with Crippen LogP contribution in [0.1, 0.15) is 5.82 Å². The van der Waals surface area contributed by atoms with E-state index in [-0.39, 0.29) is 0 Å². The van der Waals surface area contributed by atoms with E-state index in [4.69, 9.17) is 11.6 Å². The molecule has 0 N–H and O–H groups in total. The summed E-state index contributed by atoms with van der Waals surface area (Å²) in [6.45, 7) is 0. The van der Waals surface area contributed by atoms with Crippen molar-refractivity contribution in [3.8, 4) is 0 Å². The van der Waals surface area contributed by atoms with Crippen molar-refractivity contribution in [2.24, 2.45) is 0 Å². The van der Waals surface area contributed by atoms with E-state index in [9.17, 15) is 0 Å². The molecule has 0 aliphatic carbocycles. The minimum Gasteiger partial charge on any atom is -0.239 e. The van der Waals surface area contributed by atoms with Crippen LogP contribution in [-0.4, -0.2) is 9.97 Å². The minimum atomic E-state index is 0.430. The van der Waals surface area contributed by atoms with Gasteiger partial charge < -0.3 is 0 Å². The van der Waals surface area contributed by atoms with E-state index in [0.717, 1.165) is 0 Å². The lowest BCUT2D eigenvalue weighted by Crippen LogP contribution is -1.90. The Hall–Kier alpha value is 0.200. The van der Waals surface area contributed by atoms with Gasteiger partial charge >= 0.3 is 0 Å². The van der Waals surface area contributed by atoms with Crippen LogP contribution in [0.25, 0.3) is 0 Å². The van der Waals surface area contributed by atoms with Crippen molar-refractivity contribution in [3.05, 3.63) is 21.6 Å². The fourth-order valence-corrected chi connectivity index (χ4v) is 0.946. The summed E-state index contributed by atoms with van der Waals surface area (Å²) >= 11 is 12.8. The second-order valence-corrected chi connectivity index (χ2v) is 3.11. The summed E-state index contributed by atoms with van der Waals surface area (Å²) in [4.78, 5) is 7.86. The van der Waals surface area contributed by atoms with Crippen LogP contribution >= 0.6 is 40.2 Å². The highest BCUT2D eigenvalue weighted by molar-refractivity contribution is 9.10. The number of hydrogen-bond donors (Lipinski definition) is 1. The SMILES string of the molecule is SCc1ncc(Br)c(Cl)n1. The summed E-state index contributed by atoms with van der Waals surface area (Å²) in [5, 5.41) is 0.430. The maximum atomic E-state index is 5.66. The molecule has 0 saturated heterocycles. The molecule has 0 atom stereocenters. The average Bonchev–Trinajstić information content (AvgIpc) is 1.95. The maximum absolute atomic E-state index is 5.66. The monoisotopic (exact) mass is 238 g/mol. The number of aromatic nitrogens is 2. The smallest absolute Gasteiger partial charge is 0.146 e. The number of halogens is 2. The van der Waals surface area contributed by atoms with Gasteiger partial charge in [-0.3, -0.25) is 0 Å². The van der Waals surface area contributed by atoms with Crippen LogP contribution in [0, 0.1) is 0 Å². The number of nitrogens with zero attached hydrogens (tertiary/aromatic N) is 2. The van der Waals surface area contributed by atoms with Gasteiger partial charge in [-0.15, -0.1) is 0 Å². The van der Waals surface area contributed by atoms with E-state index < -0.39 is 0 Å². The lowest BCUT2D eigenvalue weighted by Gasteiger charge is -1.95. The first-order valence-electron chi connectivity index (χ1n) is 2.52. The van der Waals surface area contributed by atoms with Gasteiger partial charge in [-0.05, 0) is 15.9 Å². The summed E-state index contributed by atoms with van der Waals surface area (Å²) < 4.78 is 0.708. The van der Waals surface area contributed by atoms with Gasteiger partial charge in [0.25, 0.3) is 0 Å². The third-order valence-electron chi connectivity index (χ3n) is 0.893. The van der Waals surface area contributed by atoms with E-state index in [0.29, 0.717) is 21.2 Å². The van der Waals surface area contributed by atoms with Crippen LogP contribution in [0.3, 0.4) is 0 Å². The summed E-state index contributed by atoms with van der Waals surface area (Å²) in [6.07, 6.45) is 1.61. The molecule has 54 valence electrons. The predicted octanol–water partition coefficient (Wildman–Crippen LogP) is 2.32. The van der Waals surface area contributed by atoms with Crippen molar-refractivity contribution >= 4 is 40.2 Å². The lowest BCUT2D eigenvalue weighted by molar-refractivity contribution is 1.03. The van der Waals surface area contributed by atoms with Gasteiger partial charge in [-0.2, -0.15) is 12.6 Å². The van der Waals surface area contributed by atoms with Crippen LogP contribution < -0.4 is 0 Å². The second kappa shape index (κ2) is 3.55. The molecule has 0 fully saturated rings. The molecule has 5 heteroatoms. The largest absolute Gasteiger partial charge is 0.239 e. The molecule has 2 nitrogen and oxygen atoms in total. The van der Waals surface area contributed by atoms with E-state index in [1.54, 1.807) is 6.20 Å². The van der Waals surface area contributed by atoms with E-state index in [2.05, 4.69) is 38.5 Å². The third kappa shape index (κ3) is 1.84. The Kier molecular flexibility index (Phi) is 2.95. The van der Waals surface area contributed by atoms with Crippen LogP contribution in [-0.2, 0) is 5.75 Å². The quantitative estimate of drug-likeness (QED) is 0.601. The first kappa shape index (κ1) is 8.30. The fourth-order valence-electron chi connectivity index (χ4n) is 0.456. The fraction of sp³-hybridized carbons (Fsp3) is 0.200. The Morgan fingerprint density at radius 3 is 2.90 bits per heavy atom. The Morgan fingerprint density at radius 1 is 1.70 bits per heavy atom. The molecule has 0 aromatic carbocycles. The molecule has 0 aliphatic rings. The lowest BCUT2D eigenvalue weighted by atomic mass is 10.6. The molecule has 1 heterocycles. The molecule has 1 aromatic heterocycles. The van der Waals surface area contributed by atoms with E-state index >= 15 is 0 Å². The van der Waals surface area contributed by atoms with Crippen LogP contribution in [0.2, 0.25) is 5.15 Å². The second-order valence-electron chi connectivity index (χ2n) is 1.58. The van der Waals surface area contributed by atoms with Gasteiger partial charge in [0.1, 0.15) is 11.0 Å². The molecule has 0 spiro atoms. The molecule has 0 saturated carbocycles. The summed E-state index contributed by atoms with van der Waals surface area (Å²) in [5.74, 6) is 1.14. The standard InChI is InChI=1S/C5H4BrClN2S/c6-3-1-8-4(2-10)9-5(3)7/h1,10H,2H2. The minimum absolute atomic E-state index is 0.430. The van der Waals surface area contributed by atoms with E-state index in [1.807, 2.05) is 0 Å². The molecule has 0 amide bonds. The molecule has 0 aliphatic heterocycles. The summed E-state index contributed by atoms with van der Waals surface area (Å²) in [5.41, 5.74) is 0. The van der Waals surface area contributed by atoms with Crippen LogP contribution in [0.4, 0.5) is 0 Å². The summed E-state index contributed by atoms with van der Waals surface area (Å²) in [7, 11) is 0. The zero-order chi connectivity index (χ0) is 7.56. The van der Waals surface area contributed by atoms with Crippen molar-refractivity contribution in [1.82, 2.24) is 9.97 Å². The topological polar surface area (TPSA) is 25.8 Å². The molecule has 0 unspecified atom stereocenters. The highest BCUT2D eigenvalue weighted by atomic mass is 79.9. The zero-order valence-corrected chi connectivity index (χ0v) is 8.12. The Morgan fingerprint density at radius 2 is 2.40 bits per heavy atom. The van der Waals surface area contributed by atoms with Crippen molar-refractivity contribution in [1.29, 1.82) is 0 Å². The molecule has 10 heavy (non-hydrogen) atoms. The molecule has 1 aromatic rings. The Balaban J connectivity index is 3.04. The van der Waals surface area contributed by atoms with Gasteiger partial charge in [0.15, 0.2) is 0 Å². The molecular weight excluding hydrogens is 235 g/mol. The first-order chi connectivity index (χ1) is 4.74. The number of thiol groups is 1. The molecule has 1 rings (SSSR count). The molecule has 0 bridgehead atoms. The van der Waals surface area contributed by atoms with Gasteiger partial charge in [-0.1, -0.05) is 11.6 Å². The van der Waals surface area contributed by atoms with Crippen molar-refractivity contribution in [3.63, 3.8) is 0 Å². The summed E-state index contributed by atoms with van der Waals surface area (Å²) in [6, 6.07) is 0. The van der Waals surface area contributed by atoms with Crippen LogP contribution in [0.15, 0.2) is 10.7 Å². The Labute approximate surface area is 77.6 Å². The molecular formula is C5H4BrClN2S. The number of hydrogen-bond acceptors (Lipinski definition) is 3. The van der Waals surface area contributed by atoms with Crippen molar-refractivity contribution in [2.45, 2.75) is 5.75 Å². The van der Waals surface area contributed by atoms with Gasteiger partial charge in [-0.25, -0.2) is 9.97 Å². The zero-order valence-electron chi connectivity index (χ0n) is 4.88. The van der Waals surface area contributed by atoms with Gasteiger partial charge in [0.2, 0.25) is 0 Å². The van der Waals surface area contributed by atoms with Crippen molar-refractivity contribution in [2.75, 3.05) is 0 Å². The van der Waals surface area contributed by atoms with Crippen molar-refractivity contribution < 1.29 is 0 Å². The first-order valence-corrected chi connectivity index (χ1v) is 4.32. The van der Waals surface area contributed by atoms with E-state index in [1.165, 1.54) is 0 Å². The normalized spacial score (nSPS) is 9.90. The third-order valence-corrected chi connectivity index (χ3v) is 2.27. The molecule has 0 radical (unpaired) electrons. The highest BCUT2D eigenvalue weighted by Gasteiger charge is 1.99. The maximum Gasteiger partial charge on any atom is 0.146 e. The predicted molar refractivity (Wildman–Crippen MR) is 47.4 cm³/mol. The van der Waals surface area contributed by atoms with Crippen LogP contribution in [0.5, 0.6) is 0 Å². The Bertz CT molecular complexity index is 243. The highest BCUT2D eigenvalue weighted by Crippen LogP contribution is 2.18.